The van der Waals surface area contributed by atoms with Crippen molar-refractivity contribution in [3.8, 4) is 5.75 Å². The average molecular weight is 398 g/mol. The second kappa shape index (κ2) is 9.20. The first kappa shape index (κ1) is 20.3. The van der Waals surface area contributed by atoms with Crippen LogP contribution in [0.15, 0.2) is 54.6 Å². The van der Waals surface area contributed by atoms with E-state index in [-0.39, 0.29) is 13.0 Å². The summed E-state index contributed by atoms with van der Waals surface area (Å²) in [7, 11) is 0. The summed E-state index contributed by atoms with van der Waals surface area (Å²) in [6.07, 6.45) is 0.792. The Bertz CT molecular complexity index is 886. The quantitative estimate of drug-likeness (QED) is 0.618. The van der Waals surface area contributed by atoms with Gasteiger partial charge in [0.25, 0.3) is 0 Å². The van der Waals surface area contributed by atoms with Gasteiger partial charge in [0.1, 0.15) is 31.0 Å². The number of fused-ring (bicyclic) bond motifs is 1. The zero-order valence-corrected chi connectivity index (χ0v) is 15.7. The van der Waals surface area contributed by atoms with E-state index in [4.69, 9.17) is 4.74 Å². The van der Waals surface area contributed by atoms with Crippen molar-refractivity contribution in [3.05, 3.63) is 60.2 Å². The smallest absolute Gasteiger partial charge is 0.323 e. The van der Waals surface area contributed by atoms with E-state index in [1.54, 1.807) is 24.3 Å². The SMILES string of the molecule is O=C(O)CN1C(=O)C(NC(CCc2ccccc2)C(=O)O)COc2ccccc21. The molecular formula is C21H22N2O6. The van der Waals surface area contributed by atoms with Crippen LogP contribution in [-0.4, -0.2) is 53.3 Å². The molecule has 0 saturated carbocycles. The van der Waals surface area contributed by atoms with Gasteiger partial charge in [0.2, 0.25) is 5.91 Å². The van der Waals surface area contributed by atoms with Gasteiger partial charge in [-0.15, -0.1) is 0 Å². The minimum absolute atomic E-state index is 0.0961. The second-order valence-electron chi connectivity index (χ2n) is 6.73. The third-order valence-electron chi connectivity index (χ3n) is 4.68. The lowest BCUT2D eigenvalue weighted by molar-refractivity contribution is -0.140. The Labute approximate surface area is 167 Å². The molecule has 2 aromatic rings. The number of aliphatic carboxylic acids is 2. The van der Waals surface area contributed by atoms with E-state index in [1.807, 2.05) is 30.3 Å². The molecule has 2 aromatic carbocycles. The summed E-state index contributed by atoms with van der Waals surface area (Å²) >= 11 is 0. The van der Waals surface area contributed by atoms with Crippen molar-refractivity contribution in [1.82, 2.24) is 5.32 Å². The zero-order valence-electron chi connectivity index (χ0n) is 15.7. The van der Waals surface area contributed by atoms with Crippen LogP contribution in [0.2, 0.25) is 0 Å². The van der Waals surface area contributed by atoms with E-state index in [0.717, 1.165) is 10.5 Å². The predicted octanol–water partition coefficient (Wildman–Crippen LogP) is 1.54. The summed E-state index contributed by atoms with van der Waals surface area (Å²) in [5.74, 6) is -2.42. The number of para-hydroxylation sites is 2. The average Bonchev–Trinajstić information content (AvgIpc) is 2.83. The number of benzene rings is 2. The van der Waals surface area contributed by atoms with Crippen molar-refractivity contribution < 1.29 is 29.3 Å². The second-order valence-corrected chi connectivity index (χ2v) is 6.73. The van der Waals surface area contributed by atoms with Crippen LogP contribution in [0, 0.1) is 0 Å². The number of anilines is 1. The Kier molecular flexibility index (Phi) is 6.46. The van der Waals surface area contributed by atoms with Gasteiger partial charge in [0.05, 0.1) is 5.69 Å². The van der Waals surface area contributed by atoms with E-state index in [9.17, 15) is 24.6 Å². The molecule has 0 spiro atoms. The number of aryl methyl sites for hydroxylation is 1. The lowest BCUT2D eigenvalue weighted by Gasteiger charge is -2.25. The number of rotatable bonds is 8. The van der Waals surface area contributed by atoms with E-state index >= 15 is 0 Å². The maximum atomic E-state index is 13.0. The molecule has 0 bridgehead atoms. The number of hydrogen-bond donors (Lipinski definition) is 3. The molecule has 2 unspecified atom stereocenters. The van der Waals surface area contributed by atoms with Gasteiger partial charge < -0.3 is 14.9 Å². The number of amides is 1. The normalized spacial score (nSPS) is 17.0. The van der Waals surface area contributed by atoms with Gasteiger partial charge in [-0.1, -0.05) is 42.5 Å². The highest BCUT2D eigenvalue weighted by Gasteiger charge is 2.35. The molecule has 29 heavy (non-hydrogen) atoms. The number of carboxylic acid groups (broad SMARTS) is 2. The minimum atomic E-state index is -1.17. The summed E-state index contributed by atoms with van der Waals surface area (Å²) in [4.78, 5) is 37.1. The Hall–Kier alpha value is -3.39. The first-order valence-electron chi connectivity index (χ1n) is 9.23. The summed E-state index contributed by atoms with van der Waals surface area (Å²) in [6, 6.07) is 14.1. The highest BCUT2D eigenvalue weighted by Crippen LogP contribution is 2.31. The van der Waals surface area contributed by atoms with Crippen LogP contribution >= 0.6 is 0 Å². The molecule has 0 aromatic heterocycles. The zero-order chi connectivity index (χ0) is 20.8. The van der Waals surface area contributed by atoms with Crippen LogP contribution in [0.4, 0.5) is 5.69 Å². The Balaban J connectivity index is 1.77. The maximum Gasteiger partial charge on any atom is 0.323 e. The largest absolute Gasteiger partial charge is 0.489 e. The standard InChI is InChI=1S/C21H22N2O6/c24-19(25)12-23-17-8-4-5-9-18(17)29-13-16(20(23)26)22-15(21(27)28)11-10-14-6-2-1-3-7-14/h1-9,15-16,22H,10-13H2,(H,24,25)(H,27,28). The first-order chi connectivity index (χ1) is 14.0. The summed E-state index contributed by atoms with van der Waals surface area (Å²) in [5, 5.41) is 21.7. The molecular weight excluding hydrogens is 376 g/mol. The molecule has 1 heterocycles. The van der Waals surface area contributed by atoms with Crippen molar-refractivity contribution >= 4 is 23.5 Å². The summed E-state index contributed by atoms with van der Waals surface area (Å²) < 4.78 is 5.68. The van der Waals surface area contributed by atoms with E-state index in [0.29, 0.717) is 17.9 Å². The van der Waals surface area contributed by atoms with Crippen LogP contribution < -0.4 is 15.0 Å². The predicted molar refractivity (Wildman–Crippen MR) is 105 cm³/mol. The van der Waals surface area contributed by atoms with Gasteiger partial charge in [0.15, 0.2) is 0 Å². The number of ether oxygens (including phenoxy) is 1. The molecule has 3 N–H and O–H groups in total. The van der Waals surface area contributed by atoms with Crippen molar-refractivity contribution in [3.63, 3.8) is 0 Å². The van der Waals surface area contributed by atoms with Crippen LogP contribution in [0.3, 0.4) is 0 Å². The Morgan fingerprint density at radius 3 is 2.48 bits per heavy atom. The van der Waals surface area contributed by atoms with Crippen LogP contribution in [0.5, 0.6) is 5.75 Å². The molecule has 1 aliphatic rings. The Morgan fingerprint density at radius 2 is 1.79 bits per heavy atom. The van der Waals surface area contributed by atoms with Gasteiger partial charge in [0, 0.05) is 0 Å². The fraction of sp³-hybridized carbons (Fsp3) is 0.286. The number of nitrogens with one attached hydrogen (secondary N) is 1. The summed E-state index contributed by atoms with van der Waals surface area (Å²) in [5.41, 5.74) is 1.34. The van der Waals surface area contributed by atoms with Crippen molar-refractivity contribution in [2.75, 3.05) is 18.1 Å². The monoisotopic (exact) mass is 398 g/mol. The van der Waals surface area contributed by atoms with Crippen molar-refractivity contribution in [2.45, 2.75) is 24.9 Å². The lowest BCUT2D eigenvalue weighted by atomic mass is 10.0. The molecule has 1 aliphatic heterocycles. The first-order valence-corrected chi connectivity index (χ1v) is 9.23. The molecule has 0 fully saturated rings. The fourth-order valence-electron chi connectivity index (χ4n) is 3.25. The highest BCUT2D eigenvalue weighted by atomic mass is 16.5. The molecule has 0 radical (unpaired) electrons. The lowest BCUT2D eigenvalue weighted by Crippen LogP contribution is -2.54. The molecule has 2 atom stereocenters. The number of hydrogen-bond acceptors (Lipinski definition) is 5. The van der Waals surface area contributed by atoms with E-state index in [2.05, 4.69) is 5.32 Å². The van der Waals surface area contributed by atoms with Gasteiger partial charge in [-0.05, 0) is 30.5 Å². The molecule has 3 rings (SSSR count). The molecule has 152 valence electrons. The topological polar surface area (TPSA) is 116 Å². The number of carbonyl (C=O) groups is 3. The third-order valence-corrected chi connectivity index (χ3v) is 4.68. The molecule has 1 amide bonds. The Morgan fingerprint density at radius 1 is 1.10 bits per heavy atom. The van der Waals surface area contributed by atoms with Gasteiger partial charge in [-0.3, -0.25) is 24.6 Å². The van der Waals surface area contributed by atoms with Gasteiger partial charge >= 0.3 is 11.9 Å². The third kappa shape index (κ3) is 5.11. The van der Waals surface area contributed by atoms with Gasteiger partial charge in [-0.2, -0.15) is 0 Å². The molecule has 0 aliphatic carbocycles. The van der Waals surface area contributed by atoms with Gasteiger partial charge in [-0.25, -0.2) is 0 Å². The minimum Gasteiger partial charge on any atom is -0.489 e. The number of carboxylic acids is 2. The number of nitrogens with zero attached hydrogens (tertiary/aromatic N) is 1. The van der Waals surface area contributed by atoms with Crippen LogP contribution in [0.25, 0.3) is 0 Å². The van der Waals surface area contributed by atoms with E-state index in [1.165, 1.54) is 0 Å². The van der Waals surface area contributed by atoms with Crippen molar-refractivity contribution in [1.29, 1.82) is 0 Å². The molecule has 8 heteroatoms. The van der Waals surface area contributed by atoms with Crippen LogP contribution in [-0.2, 0) is 20.8 Å². The number of carbonyl (C=O) groups excluding carboxylic acids is 1. The molecule has 8 nitrogen and oxygen atoms in total. The van der Waals surface area contributed by atoms with Crippen LogP contribution in [0.1, 0.15) is 12.0 Å². The van der Waals surface area contributed by atoms with Crippen molar-refractivity contribution in [2.24, 2.45) is 0 Å². The fourth-order valence-corrected chi connectivity index (χ4v) is 3.25. The summed E-state index contributed by atoms with van der Waals surface area (Å²) in [6.45, 7) is -0.639. The van der Waals surface area contributed by atoms with E-state index < -0.39 is 36.5 Å². The molecule has 0 saturated heterocycles. The highest BCUT2D eigenvalue weighted by molar-refractivity contribution is 6.02. The maximum absolute atomic E-state index is 13.0.